The fourth-order valence-electron chi connectivity index (χ4n) is 1.44. The molecule has 0 saturated carbocycles. The molecule has 2 rings (SSSR count). The number of hydrogen-bond acceptors (Lipinski definition) is 3. The zero-order chi connectivity index (χ0) is 9.26. The minimum Gasteiger partial charge on any atom is -0.494 e. The highest BCUT2D eigenvalue weighted by atomic mass is 16.5. The summed E-state index contributed by atoms with van der Waals surface area (Å²) in [5.41, 5.74) is 1.65. The average molecular weight is 177 g/mol. The third kappa shape index (κ3) is 1.37. The number of ether oxygens (including phenoxy) is 1. The van der Waals surface area contributed by atoms with Crippen LogP contribution in [-0.4, -0.2) is 18.9 Å². The van der Waals surface area contributed by atoms with Crippen LogP contribution in [0.3, 0.4) is 0 Å². The zero-order valence-electron chi connectivity index (χ0n) is 7.46. The fraction of sp³-hybridized carbons (Fsp3) is 0.300. The molecule has 0 atom stereocenters. The molecule has 0 aliphatic carbocycles. The van der Waals surface area contributed by atoms with Crippen LogP contribution in [0.2, 0.25) is 0 Å². The van der Waals surface area contributed by atoms with Crippen molar-refractivity contribution in [3.05, 3.63) is 23.8 Å². The molecule has 0 amide bonds. The van der Waals surface area contributed by atoms with Crippen molar-refractivity contribution >= 4 is 11.5 Å². The number of fused-ring (bicyclic) bond motifs is 1. The van der Waals surface area contributed by atoms with E-state index in [-0.39, 0.29) is 5.78 Å². The summed E-state index contributed by atoms with van der Waals surface area (Å²) in [6.45, 7) is 2.96. The van der Waals surface area contributed by atoms with E-state index in [4.69, 9.17) is 4.74 Å². The van der Waals surface area contributed by atoms with Crippen LogP contribution in [0.1, 0.15) is 17.3 Å². The molecule has 1 N–H and O–H groups in total. The van der Waals surface area contributed by atoms with E-state index in [0.717, 1.165) is 17.0 Å². The first kappa shape index (κ1) is 8.10. The Morgan fingerprint density at radius 3 is 3.15 bits per heavy atom. The van der Waals surface area contributed by atoms with Crippen molar-refractivity contribution in [3.8, 4) is 5.75 Å². The van der Waals surface area contributed by atoms with Gasteiger partial charge in [0.1, 0.15) is 5.75 Å². The molecule has 3 heteroatoms. The van der Waals surface area contributed by atoms with Crippen LogP contribution in [0, 0.1) is 0 Å². The minimum absolute atomic E-state index is 0.136. The molecule has 1 aromatic rings. The number of carbonyl (C=O) groups is 1. The number of carbonyl (C=O) groups excluding carboxylic acids is 1. The minimum atomic E-state index is 0.136. The Balaban J connectivity index is 2.36. The number of nitrogens with one attached hydrogen (secondary N) is 1. The fourth-order valence-corrected chi connectivity index (χ4v) is 1.44. The highest BCUT2D eigenvalue weighted by molar-refractivity contribution is 6.08. The van der Waals surface area contributed by atoms with Crippen molar-refractivity contribution < 1.29 is 9.53 Å². The Morgan fingerprint density at radius 1 is 1.54 bits per heavy atom. The van der Waals surface area contributed by atoms with Gasteiger partial charge in [0.15, 0.2) is 5.78 Å². The lowest BCUT2D eigenvalue weighted by molar-refractivity contribution is 0.101. The van der Waals surface area contributed by atoms with Gasteiger partial charge in [-0.1, -0.05) is 0 Å². The Labute approximate surface area is 76.7 Å². The van der Waals surface area contributed by atoms with Crippen molar-refractivity contribution in [1.29, 1.82) is 0 Å². The summed E-state index contributed by atoms with van der Waals surface area (Å²) in [4.78, 5) is 11.3. The second kappa shape index (κ2) is 3.09. The van der Waals surface area contributed by atoms with E-state index in [1.165, 1.54) is 0 Å². The van der Waals surface area contributed by atoms with Crippen LogP contribution in [-0.2, 0) is 0 Å². The Morgan fingerprint density at radius 2 is 2.38 bits per heavy atom. The van der Waals surface area contributed by atoms with Gasteiger partial charge >= 0.3 is 0 Å². The SMILES string of the molecule is CCOc1ccc2c(c1)C(=O)CN2. The molecule has 68 valence electrons. The number of benzene rings is 1. The van der Waals surface area contributed by atoms with Gasteiger partial charge in [-0.05, 0) is 25.1 Å². The highest BCUT2D eigenvalue weighted by Gasteiger charge is 2.18. The zero-order valence-corrected chi connectivity index (χ0v) is 7.46. The lowest BCUT2D eigenvalue weighted by atomic mass is 10.1. The molecule has 1 aromatic carbocycles. The van der Waals surface area contributed by atoms with Gasteiger partial charge in [0.25, 0.3) is 0 Å². The summed E-state index contributed by atoms with van der Waals surface area (Å²) in [5, 5.41) is 3.01. The molecule has 1 heterocycles. The topological polar surface area (TPSA) is 38.3 Å². The maximum atomic E-state index is 11.3. The molecule has 0 bridgehead atoms. The van der Waals surface area contributed by atoms with Crippen molar-refractivity contribution in [2.45, 2.75) is 6.92 Å². The maximum absolute atomic E-state index is 11.3. The predicted octanol–water partition coefficient (Wildman–Crippen LogP) is 1.69. The van der Waals surface area contributed by atoms with Gasteiger partial charge in [-0.2, -0.15) is 0 Å². The first-order chi connectivity index (χ1) is 6.31. The third-order valence-electron chi connectivity index (χ3n) is 2.04. The van der Waals surface area contributed by atoms with E-state index in [1.54, 1.807) is 6.07 Å². The summed E-state index contributed by atoms with van der Waals surface area (Å²) < 4.78 is 5.30. The number of ketones is 1. The van der Waals surface area contributed by atoms with E-state index in [9.17, 15) is 4.79 Å². The predicted molar refractivity (Wildman–Crippen MR) is 50.4 cm³/mol. The van der Waals surface area contributed by atoms with E-state index < -0.39 is 0 Å². The molecule has 0 fully saturated rings. The van der Waals surface area contributed by atoms with E-state index >= 15 is 0 Å². The van der Waals surface area contributed by atoms with Crippen molar-refractivity contribution in [2.75, 3.05) is 18.5 Å². The van der Waals surface area contributed by atoms with Gasteiger partial charge in [-0.3, -0.25) is 4.79 Å². The molecule has 0 radical (unpaired) electrons. The Bertz CT molecular complexity index is 347. The van der Waals surface area contributed by atoms with Crippen LogP contribution in [0.15, 0.2) is 18.2 Å². The third-order valence-corrected chi connectivity index (χ3v) is 2.04. The first-order valence-electron chi connectivity index (χ1n) is 4.35. The van der Waals surface area contributed by atoms with Gasteiger partial charge in [0.05, 0.1) is 13.2 Å². The van der Waals surface area contributed by atoms with Crippen molar-refractivity contribution in [2.24, 2.45) is 0 Å². The summed E-state index contributed by atoms with van der Waals surface area (Å²) in [6, 6.07) is 5.54. The second-order valence-electron chi connectivity index (χ2n) is 2.92. The molecule has 0 saturated heterocycles. The van der Waals surface area contributed by atoms with Crippen LogP contribution in [0.25, 0.3) is 0 Å². The number of Topliss-reactive ketones (excluding diaryl/α,β-unsaturated/α-hetero) is 1. The van der Waals surface area contributed by atoms with E-state index in [2.05, 4.69) is 5.32 Å². The number of hydrogen-bond donors (Lipinski definition) is 1. The van der Waals surface area contributed by atoms with Crippen LogP contribution >= 0.6 is 0 Å². The average Bonchev–Trinajstić information content (AvgIpc) is 2.49. The normalized spacial score (nSPS) is 13.8. The van der Waals surface area contributed by atoms with Crippen LogP contribution in [0.5, 0.6) is 5.75 Å². The smallest absolute Gasteiger partial charge is 0.184 e. The van der Waals surface area contributed by atoms with Gasteiger partial charge in [0, 0.05) is 11.3 Å². The molecule has 13 heavy (non-hydrogen) atoms. The molecular weight excluding hydrogens is 166 g/mol. The van der Waals surface area contributed by atoms with E-state index in [0.29, 0.717) is 13.2 Å². The standard InChI is InChI=1S/C10H11NO2/c1-2-13-7-3-4-9-8(5-7)10(12)6-11-9/h3-5,11H,2,6H2,1H3. The summed E-state index contributed by atoms with van der Waals surface area (Å²) >= 11 is 0. The monoisotopic (exact) mass is 177 g/mol. The van der Waals surface area contributed by atoms with Crippen molar-refractivity contribution in [1.82, 2.24) is 0 Å². The summed E-state index contributed by atoms with van der Waals surface area (Å²) in [6.07, 6.45) is 0. The first-order valence-corrected chi connectivity index (χ1v) is 4.35. The maximum Gasteiger partial charge on any atom is 0.184 e. The van der Waals surface area contributed by atoms with Gasteiger partial charge in [0.2, 0.25) is 0 Å². The summed E-state index contributed by atoms with van der Waals surface area (Å²) in [7, 11) is 0. The lowest BCUT2D eigenvalue weighted by Crippen LogP contribution is -2.00. The van der Waals surface area contributed by atoms with Crippen LogP contribution < -0.4 is 10.1 Å². The van der Waals surface area contributed by atoms with Crippen LogP contribution in [0.4, 0.5) is 5.69 Å². The largest absolute Gasteiger partial charge is 0.494 e. The quantitative estimate of drug-likeness (QED) is 0.747. The van der Waals surface area contributed by atoms with Gasteiger partial charge in [-0.25, -0.2) is 0 Å². The molecule has 0 unspecified atom stereocenters. The molecule has 3 nitrogen and oxygen atoms in total. The molecule has 1 aliphatic heterocycles. The number of anilines is 1. The molecule has 0 aromatic heterocycles. The van der Waals surface area contributed by atoms with Gasteiger partial charge in [-0.15, -0.1) is 0 Å². The van der Waals surface area contributed by atoms with Crippen molar-refractivity contribution in [3.63, 3.8) is 0 Å². The molecule has 0 spiro atoms. The molecule has 1 aliphatic rings. The number of rotatable bonds is 2. The molecular formula is C10H11NO2. The highest BCUT2D eigenvalue weighted by Crippen LogP contribution is 2.26. The van der Waals surface area contributed by atoms with E-state index in [1.807, 2.05) is 19.1 Å². The Hall–Kier alpha value is -1.51. The lowest BCUT2D eigenvalue weighted by Gasteiger charge is -2.04. The second-order valence-corrected chi connectivity index (χ2v) is 2.92. The summed E-state index contributed by atoms with van der Waals surface area (Å²) in [5.74, 6) is 0.898. The van der Waals surface area contributed by atoms with Gasteiger partial charge < -0.3 is 10.1 Å². The Kier molecular flexibility index (Phi) is 1.93.